The standard InChI is InChI=1S/C17H27N6O5P.C4H4O4/c1-12(2)14(17(24)26-3)23-5-4-7-28-29(23,25)11-27-8-6-22-10-21-13-15(18)19-9-20-16(13)22;5-3(6)1-2-4(7)8/h9-10,12,14H,4-8,11H2,1-3H3,(H2,18,19,20);1-2H,(H,5,6)(H,7,8)/b;2-1+/t14-,29+;/m0./s1. The van der Waals surface area contributed by atoms with Crippen LogP contribution in [0.4, 0.5) is 5.82 Å². The maximum absolute atomic E-state index is 13.5. The molecule has 0 amide bonds. The molecule has 4 N–H and O–H groups in total. The molecular formula is C21H31N6O9P. The van der Waals surface area contributed by atoms with Crippen LogP contribution < -0.4 is 5.73 Å². The van der Waals surface area contributed by atoms with Gasteiger partial charge in [0.15, 0.2) is 11.5 Å². The van der Waals surface area contributed by atoms with Crippen LogP contribution in [0.2, 0.25) is 0 Å². The first-order valence-electron chi connectivity index (χ1n) is 11.2. The van der Waals surface area contributed by atoms with Crippen molar-refractivity contribution < 1.29 is 43.2 Å². The fourth-order valence-corrected chi connectivity index (χ4v) is 5.84. The van der Waals surface area contributed by atoms with Gasteiger partial charge in [0.05, 0.1) is 26.7 Å². The number of carbonyl (C=O) groups is 3. The van der Waals surface area contributed by atoms with Crippen molar-refractivity contribution in [3.05, 3.63) is 24.8 Å². The van der Waals surface area contributed by atoms with Crippen LogP contribution in [-0.4, -0.2) is 91.6 Å². The number of fused-ring (bicyclic) bond motifs is 1. The Labute approximate surface area is 212 Å². The highest BCUT2D eigenvalue weighted by atomic mass is 31.2. The van der Waals surface area contributed by atoms with E-state index in [-0.39, 0.29) is 18.9 Å². The molecule has 16 heteroatoms. The number of anilines is 1. The minimum atomic E-state index is -3.32. The summed E-state index contributed by atoms with van der Waals surface area (Å²) in [7, 11) is -1.99. The number of imidazole rings is 1. The maximum atomic E-state index is 13.5. The maximum Gasteiger partial charge on any atom is 0.328 e. The Balaban J connectivity index is 0.000000521. The van der Waals surface area contributed by atoms with Gasteiger partial charge in [0.25, 0.3) is 7.52 Å². The lowest BCUT2D eigenvalue weighted by atomic mass is 10.0. The number of nitrogen functional groups attached to an aromatic ring is 1. The van der Waals surface area contributed by atoms with E-state index < -0.39 is 31.5 Å². The van der Waals surface area contributed by atoms with Gasteiger partial charge in [-0.2, -0.15) is 0 Å². The van der Waals surface area contributed by atoms with Crippen molar-refractivity contribution in [1.29, 1.82) is 0 Å². The predicted molar refractivity (Wildman–Crippen MR) is 130 cm³/mol. The zero-order valence-corrected chi connectivity index (χ0v) is 21.6. The van der Waals surface area contributed by atoms with Gasteiger partial charge in [0, 0.05) is 25.2 Å². The first-order chi connectivity index (χ1) is 17.5. The van der Waals surface area contributed by atoms with Crippen molar-refractivity contribution in [2.75, 3.05) is 38.9 Å². The fourth-order valence-electron chi connectivity index (χ4n) is 3.51. The molecule has 0 spiro atoms. The summed E-state index contributed by atoms with van der Waals surface area (Å²) < 4.78 is 33.1. The van der Waals surface area contributed by atoms with E-state index in [9.17, 15) is 18.9 Å². The van der Waals surface area contributed by atoms with E-state index in [2.05, 4.69) is 15.0 Å². The van der Waals surface area contributed by atoms with Crippen molar-refractivity contribution in [3.63, 3.8) is 0 Å². The van der Waals surface area contributed by atoms with Crippen LogP contribution in [0.15, 0.2) is 24.8 Å². The van der Waals surface area contributed by atoms with Gasteiger partial charge in [-0.1, -0.05) is 13.8 Å². The Morgan fingerprint density at radius 1 is 1.22 bits per heavy atom. The summed E-state index contributed by atoms with van der Waals surface area (Å²) in [4.78, 5) is 43.7. The van der Waals surface area contributed by atoms with E-state index in [1.54, 1.807) is 15.6 Å². The SMILES string of the molecule is COC(=O)[C@H](C(C)C)N1CCCO[P@]1(=O)COCCn1cnc2c(N)ncnc21.O=C(O)/C=C/C(=O)O. The molecular weight excluding hydrogens is 511 g/mol. The zero-order valence-electron chi connectivity index (χ0n) is 20.7. The van der Waals surface area contributed by atoms with Crippen LogP contribution in [0.5, 0.6) is 0 Å². The molecule has 1 aliphatic heterocycles. The van der Waals surface area contributed by atoms with Crippen molar-refractivity contribution in [2.24, 2.45) is 5.92 Å². The smallest absolute Gasteiger partial charge is 0.328 e. The molecule has 15 nitrogen and oxygen atoms in total. The molecule has 3 heterocycles. The molecule has 0 aromatic carbocycles. The third kappa shape index (κ3) is 8.32. The second-order valence-corrected chi connectivity index (χ2v) is 10.4. The van der Waals surface area contributed by atoms with Crippen LogP contribution >= 0.6 is 7.52 Å². The second kappa shape index (κ2) is 13.8. The molecule has 1 aliphatic rings. The van der Waals surface area contributed by atoms with E-state index in [0.29, 0.717) is 55.3 Å². The van der Waals surface area contributed by atoms with E-state index >= 15 is 0 Å². The number of esters is 1. The Bertz CT molecular complexity index is 1150. The highest BCUT2D eigenvalue weighted by molar-refractivity contribution is 7.56. The number of nitrogens with zero attached hydrogens (tertiary/aromatic N) is 5. The van der Waals surface area contributed by atoms with Crippen LogP contribution in [0, 0.1) is 5.92 Å². The van der Waals surface area contributed by atoms with E-state index in [4.69, 9.17) is 29.9 Å². The zero-order chi connectivity index (χ0) is 27.6. The molecule has 204 valence electrons. The number of rotatable bonds is 10. The summed E-state index contributed by atoms with van der Waals surface area (Å²) in [5.74, 6) is -2.71. The predicted octanol–water partition coefficient (Wildman–Crippen LogP) is 1.21. The quantitative estimate of drug-likeness (QED) is 0.167. The number of methoxy groups -OCH3 is 1. The van der Waals surface area contributed by atoms with Gasteiger partial charge >= 0.3 is 17.9 Å². The third-order valence-electron chi connectivity index (χ3n) is 5.14. The lowest BCUT2D eigenvalue weighted by molar-refractivity contribution is -0.147. The number of hydrogen-bond acceptors (Lipinski definition) is 11. The van der Waals surface area contributed by atoms with Gasteiger partial charge in [-0.25, -0.2) is 29.2 Å². The summed E-state index contributed by atoms with van der Waals surface area (Å²) in [6.07, 6.45) is 4.67. The Hall–Kier alpha value is -3.39. The topological polar surface area (TPSA) is 209 Å². The van der Waals surface area contributed by atoms with Gasteiger partial charge in [-0.3, -0.25) is 9.36 Å². The van der Waals surface area contributed by atoms with Crippen LogP contribution in [-0.2, 0) is 39.5 Å². The molecule has 0 radical (unpaired) electrons. The first-order valence-corrected chi connectivity index (χ1v) is 13.0. The number of carbonyl (C=O) groups excluding carboxylic acids is 1. The first kappa shape index (κ1) is 29.8. The number of carboxylic acid groups (broad SMARTS) is 2. The highest BCUT2D eigenvalue weighted by Gasteiger charge is 2.44. The molecule has 2 aromatic rings. The monoisotopic (exact) mass is 542 g/mol. The van der Waals surface area contributed by atoms with Crippen LogP contribution in [0.3, 0.4) is 0 Å². The summed E-state index contributed by atoms with van der Waals surface area (Å²) in [6, 6.07) is -0.646. The highest BCUT2D eigenvalue weighted by Crippen LogP contribution is 2.55. The number of hydrogen-bond donors (Lipinski definition) is 3. The van der Waals surface area contributed by atoms with Gasteiger partial charge < -0.3 is 34.5 Å². The molecule has 0 unspecified atom stereocenters. The second-order valence-electron chi connectivity index (χ2n) is 8.12. The molecule has 1 saturated heterocycles. The van der Waals surface area contributed by atoms with Gasteiger partial charge in [-0.05, 0) is 12.3 Å². The number of nitrogens with two attached hydrogens (primary N) is 1. The molecule has 0 saturated carbocycles. The molecule has 37 heavy (non-hydrogen) atoms. The molecule has 1 fully saturated rings. The van der Waals surface area contributed by atoms with E-state index in [0.717, 1.165) is 0 Å². The van der Waals surface area contributed by atoms with Crippen molar-refractivity contribution in [3.8, 4) is 0 Å². The average molecular weight is 542 g/mol. The largest absolute Gasteiger partial charge is 0.478 e. The lowest BCUT2D eigenvalue weighted by Crippen LogP contribution is -2.46. The minimum absolute atomic E-state index is 0.0834. The third-order valence-corrected chi connectivity index (χ3v) is 7.47. The molecule has 0 aliphatic carbocycles. The number of aromatic nitrogens is 4. The summed E-state index contributed by atoms with van der Waals surface area (Å²) in [5, 5.41) is 15.6. The van der Waals surface area contributed by atoms with Crippen LogP contribution in [0.25, 0.3) is 11.2 Å². The Morgan fingerprint density at radius 3 is 2.49 bits per heavy atom. The van der Waals surface area contributed by atoms with Crippen molar-refractivity contribution in [2.45, 2.75) is 32.9 Å². The molecule has 3 rings (SSSR count). The van der Waals surface area contributed by atoms with Crippen molar-refractivity contribution >= 4 is 42.4 Å². The summed E-state index contributed by atoms with van der Waals surface area (Å²) in [5.41, 5.74) is 6.92. The van der Waals surface area contributed by atoms with Gasteiger partial charge in [0.1, 0.15) is 24.2 Å². The lowest BCUT2D eigenvalue weighted by Gasteiger charge is -2.40. The van der Waals surface area contributed by atoms with Gasteiger partial charge in [-0.15, -0.1) is 0 Å². The molecule has 0 bridgehead atoms. The van der Waals surface area contributed by atoms with Crippen molar-refractivity contribution in [1.82, 2.24) is 24.2 Å². The Kier molecular flexibility index (Phi) is 11.1. The average Bonchev–Trinajstić information content (AvgIpc) is 3.26. The van der Waals surface area contributed by atoms with E-state index in [1.807, 2.05) is 13.8 Å². The Morgan fingerprint density at radius 2 is 1.89 bits per heavy atom. The fraction of sp³-hybridized carbons (Fsp3) is 0.524. The van der Waals surface area contributed by atoms with Crippen LogP contribution in [0.1, 0.15) is 20.3 Å². The summed E-state index contributed by atoms with van der Waals surface area (Å²) in [6.45, 7) is 5.34. The minimum Gasteiger partial charge on any atom is -0.478 e. The normalized spacial score (nSPS) is 18.9. The van der Waals surface area contributed by atoms with E-state index in [1.165, 1.54) is 13.4 Å². The summed E-state index contributed by atoms with van der Waals surface area (Å²) >= 11 is 0. The molecule has 2 atom stereocenters. The number of ether oxygens (including phenoxy) is 2. The number of aliphatic carboxylic acids is 2. The molecule has 2 aromatic heterocycles. The van der Waals surface area contributed by atoms with Gasteiger partial charge in [0.2, 0.25) is 0 Å². The number of carboxylic acids is 2.